The molecule has 23 heavy (non-hydrogen) atoms. The third kappa shape index (κ3) is 6.23. The second-order valence-corrected chi connectivity index (χ2v) is 6.10. The predicted octanol–water partition coefficient (Wildman–Crippen LogP) is 2.41. The van der Waals surface area contributed by atoms with Gasteiger partial charge in [0.25, 0.3) is 0 Å². The third-order valence-electron chi connectivity index (χ3n) is 2.90. The number of rotatable bonds is 5. The molecule has 1 atom stereocenters. The Hall–Kier alpha value is -2.15. The van der Waals surface area contributed by atoms with Gasteiger partial charge in [-0.15, -0.1) is 0 Å². The van der Waals surface area contributed by atoms with Crippen molar-refractivity contribution in [2.24, 2.45) is 5.73 Å². The Morgan fingerprint density at radius 1 is 1.35 bits per heavy atom. The molecular formula is C16H25N3O4. The average molecular weight is 323 g/mol. The van der Waals surface area contributed by atoms with Crippen LogP contribution in [0.3, 0.4) is 0 Å². The summed E-state index contributed by atoms with van der Waals surface area (Å²) in [4.78, 5) is 28.9. The molecule has 0 aliphatic rings. The average Bonchev–Trinajstić information content (AvgIpc) is 2.45. The van der Waals surface area contributed by atoms with Gasteiger partial charge in [-0.25, -0.2) is 9.78 Å². The van der Waals surface area contributed by atoms with Gasteiger partial charge in [-0.05, 0) is 39.3 Å². The first kappa shape index (κ1) is 18.9. The quantitative estimate of drug-likeness (QED) is 0.836. The van der Waals surface area contributed by atoms with E-state index >= 15 is 0 Å². The van der Waals surface area contributed by atoms with Gasteiger partial charge >= 0.3 is 12.1 Å². The standard InChI is InChI=1S/C16H25N3O4/c1-6-22-14(20)9-12(17)11-7-8-13(18-10-11)19(5)15(21)23-16(2,3)4/h7-8,10,12H,6,9,17H2,1-5H3. The second-order valence-electron chi connectivity index (χ2n) is 6.10. The fourth-order valence-corrected chi connectivity index (χ4v) is 1.76. The molecule has 1 amide bonds. The lowest BCUT2D eigenvalue weighted by Crippen LogP contribution is -2.34. The van der Waals surface area contributed by atoms with Crippen molar-refractivity contribution in [1.82, 2.24) is 4.98 Å². The van der Waals surface area contributed by atoms with Crippen molar-refractivity contribution >= 4 is 17.9 Å². The summed E-state index contributed by atoms with van der Waals surface area (Å²) in [6.07, 6.45) is 1.13. The van der Waals surface area contributed by atoms with Crippen LogP contribution in [0.4, 0.5) is 10.6 Å². The van der Waals surface area contributed by atoms with E-state index in [1.165, 1.54) is 4.90 Å². The minimum absolute atomic E-state index is 0.0801. The number of pyridine rings is 1. The van der Waals surface area contributed by atoms with Crippen LogP contribution in [0.5, 0.6) is 0 Å². The number of nitrogens with zero attached hydrogens (tertiary/aromatic N) is 2. The number of anilines is 1. The molecule has 1 rings (SSSR count). The van der Waals surface area contributed by atoms with E-state index < -0.39 is 17.7 Å². The molecule has 7 nitrogen and oxygen atoms in total. The topological polar surface area (TPSA) is 94.8 Å². The Morgan fingerprint density at radius 2 is 2.00 bits per heavy atom. The van der Waals surface area contributed by atoms with E-state index in [0.29, 0.717) is 18.0 Å². The van der Waals surface area contributed by atoms with Gasteiger partial charge in [-0.3, -0.25) is 9.69 Å². The first-order chi connectivity index (χ1) is 10.6. The van der Waals surface area contributed by atoms with Crippen molar-refractivity contribution in [2.75, 3.05) is 18.6 Å². The first-order valence-corrected chi connectivity index (χ1v) is 7.48. The summed E-state index contributed by atoms with van der Waals surface area (Å²) in [5.41, 5.74) is 6.07. The maximum absolute atomic E-state index is 12.0. The molecule has 128 valence electrons. The van der Waals surface area contributed by atoms with Crippen LogP contribution < -0.4 is 10.6 Å². The SMILES string of the molecule is CCOC(=O)CC(N)c1ccc(N(C)C(=O)OC(C)(C)C)nc1. The van der Waals surface area contributed by atoms with Crippen molar-refractivity contribution in [2.45, 2.75) is 45.8 Å². The van der Waals surface area contributed by atoms with Crippen LogP contribution in [0, 0.1) is 0 Å². The molecule has 1 unspecified atom stereocenters. The lowest BCUT2D eigenvalue weighted by atomic mass is 10.1. The number of ether oxygens (including phenoxy) is 2. The molecule has 0 aliphatic carbocycles. The molecule has 2 N–H and O–H groups in total. The van der Waals surface area contributed by atoms with Crippen LogP contribution in [0.15, 0.2) is 18.3 Å². The van der Waals surface area contributed by atoms with Crippen molar-refractivity contribution in [3.05, 3.63) is 23.9 Å². The van der Waals surface area contributed by atoms with Crippen LogP contribution in [-0.4, -0.2) is 36.3 Å². The molecule has 1 aromatic heterocycles. The highest BCUT2D eigenvalue weighted by atomic mass is 16.6. The Balaban J connectivity index is 2.72. The predicted molar refractivity (Wildman–Crippen MR) is 87.1 cm³/mol. The fourth-order valence-electron chi connectivity index (χ4n) is 1.76. The minimum atomic E-state index is -0.576. The van der Waals surface area contributed by atoms with Gasteiger partial charge in [0, 0.05) is 19.3 Å². The van der Waals surface area contributed by atoms with Gasteiger partial charge in [0.05, 0.1) is 13.0 Å². The van der Waals surface area contributed by atoms with Crippen molar-refractivity contribution in [1.29, 1.82) is 0 Å². The van der Waals surface area contributed by atoms with Gasteiger partial charge in [0.1, 0.15) is 11.4 Å². The molecule has 1 heterocycles. The highest BCUT2D eigenvalue weighted by molar-refractivity contribution is 5.85. The van der Waals surface area contributed by atoms with E-state index in [1.807, 2.05) is 0 Å². The zero-order chi connectivity index (χ0) is 17.6. The molecular weight excluding hydrogens is 298 g/mol. The maximum atomic E-state index is 12.0. The fraction of sp³-hybridized carbons (Fsp3) is 0.562. The number of hydrogen-bond donors (Lipinski definition) is 1. The smallest absolute Gasteiger partial charge is 0.415 e. The van der Waals surface area contributed by atoms with Crippen LogP contribution in [0.25, 0.3) is 0 Å². The number of carbonyl (C=O) groups is 2. The summed E-state index contributed by atoms with van der Waals surface area (Å²) < 4.78 is 10.1. The van der Waals surface area contributed by atoms with E-state index in [9.17, 15) is 9.59 Å². The third-order valence-corrected chi connectivity index (χ3v) is 2.90. The molecule has 0 saturated heterocycles. The first-order valence-electron chi connectivity index (χ1n) is 7.48. The molecule has 0 aliphatic heterocycles. The maximum Gasteiger partial charge on any atom is 0.415 e. The molecule has 1 aromatic rings. The Bertz CT molecular complexity index is 537. The Labute approximate surface area is 136 Å². The van der Waals surface area contributed by atoms with Gasteiger partial charge < -0.3 is 15.2 Å². The highest BCUT2D eigenvalue weighted by Crippen LogP contribution is 2.18. The van der Waals surface area contributed by atoms with Crippen molar-refractivity contribution < 1.29 is 19.1 Å². The van der Waals surface area contributed by atoms with Gasteiger partial charge in [0.2, 0.25) is 0 Å². The van der Waals surface area contributed by atoms with Gasteiger partial charge in [0.15, 0.2) is 0 Å². The van der Waals surface area contributed by atoms with Gasteiger partial charge in [-0.2, -0.15) is 0 Å². The summed E-state index contributed by atoms with van der Waals surface area (Å²) in [6, 6.07) is 2.89. The number of esters is 1. The highest BCUT2D eigenvalue weighted by Gasteiger charge is 2.21. The number of aromatic nitrogens is 1. The summed E-state index contributed by atoms with van der Waals surface area (Å²) in [7, 11) is 1.58. The van der Waals surface area contributed by atoms with Crippen molar-refractivity contribution in [3.8, 4) is 0 Å². The van der Waals surface area contributed by atoms with E-state index in [1.54, 1.807) is 53.1 Å². The second kappa shape index (κ2) is 7.92. The number of amides is 1. The zero-order valence-electron chi connectivity index (χ0n) is 14.3. The molecule has 0 saturated carbocycles. The molecule has 0 fully saturated rings. The zero-order valence-corrected chi connectivity index (χ0v) is 14.3. The lowest BCUT2D eigenvalue weighted by molar-refractivity contribution is -0.143. The molecule has 0 aromatic carbocycles. The number of carbonyl (C=O) groups excluding carboxylic acids is 2. The van der Waals surface area contributed by atoms with Crippen LogP contribution >= 0.6 is 0 Å². The van der Waals surface area contributed by atoms with E-state index in [0.717, 1.165) is 0 Å². The van der Waals surface area contributed by atoms with Gasteiger partial charge in [-0.1, -0.05) is 6.07 Å². The molecule has 7 heteroatoms. The summed E-state index contributed by atoms with van der Waals surface area (Å²) in [5.74, 6) is 0.0845. The van der Waals surface area contributed by atoms with Crippen molar-refractivity contribution in [3.63, 3.8) is 0 Å². The molecule has 0 spiro atoms. The number of hydrogen-bond acceptors (Lipinski definition) is 6. The lowest BCUT2D eigenvalue weighted by Gasteiger charge is -2.24. The Kier molecular flexibility index (Phi) is 6.50. The Morgan fingerprint density at radius 3 is 2.48 bits per heavy atom. The summed E-state index contributed by atoms with van der Waals surface area (Å²) in [5, 5.41) is 0. The van der Waals surface area contributed by atoms with E-state index in [-0.39, 0.29) is 12.4 Å². The monoisotopic (exact) mass is 323 g/mol. The number of nitrogens with two attached hydrogens (primary N) is 1. The summed E-state index contributed by atoms with van der Waals surface area (Å²) in [6.45, 7) is 7.45. The van der Waals surface area contributed by atoms with E-state index in [2.05, 4.69) is 4.98 Å². The normalized spacial score (nSPS) is 12.4. The molecule has 0 bridgehead atoms. The molecule has 0 radical (unpaired) electrons. The van der Waals surface area contributed by atoms with Crippen LogP contribution in [-0.2, 0) is 14.3 Å². The largest absolute Gasteiger partial charge is 0.466 e. The minimum Gasteiger partial charge on any atom is -0.466 e. The van der Waals surface area contributed by atoms with Crippen LogP contribution in [0.2, 0.25) is 0 Å². The van der Waals surface area contributed by atoms with E-state index in [4.69, 9.17) is 15.2 Å². The summed E-state index contributed by atoms with van der Waals surface area (Å²) >= 11 is 0. The van der Waals surface area contributed by atoms with Crippen LogP contribution in [0.1, 0.15) is 45.7 Å².